The molecule has 0 saturated heterocycles. The van der Waals surface area contributed by atoms with E-state index in [1.165, 1.54) is 6.07 Å². The summed E-state index contributed by atoms with van der Waals surface area (Å²) >= 11 is 9.29. The van der Waals surface area contributed by atoms with Crippen LogP contribution in [0.1, 0.15) is 31.2 Å². The maximum absolute atomic E-state index is 12.1. The minimum absolute atomic E-state index is 0.122. The lowest BCUT2D eigenvalue weighted by molar-refractivity contribution is 0.624. The van der Waals surface area contributed by atoms with E-state index >= 15 is 0 Å². The average molecular weight is 342 g/mol. The Labute approximate surface area is 125 Å². The van der Waals surface area contributed by atoms with Crippen LogP contribution in [-0.4, -0.2) is 9.55 Å². The van der Waals surface area contributed by atoms with Gasteiger partial charge in [0.1, 0.15) is 11.0 Å². The highest BCUT2D eigenvalue weighted by Crippen LogP contribution is 2.16. The summed E-state index contributed by atoms with van der Waals surface area (Å²) in [5.41, 5.74) is 0.922. The van der Waals surface area contributed by atoms with Gasteiger partial charge in [0.25, 0.3) is 5.56 Å². The molecule has 0 N–H and O–H groups in total. The molecular formula is C14H14BrClN2O. The highest BCUT2D eigenvalue weighted by atomic mass is 79.9. The molecular weight excluding hydrogens is 328 g/mol. The predicted molar refractivity (Wildman–Crippen MR) is 80.8 cm³/mol. The monoisotopic (exact) mass is 340 g/mol. The molecule has 0 unspecified atom stereocenters. The Morgan fingerprint density at radius 3 is 2.74 bits per heavy atom. The highest BCUT2D eigenvalue weighted by molar-refractivity contribution is 9.10. The van der Waals surface area contributed by atoms with Crippen LogP contribution in [0.4, 0.5) is 0 Å². The molecule has 1 aromatic heterocycles. The third-order valence-corrected chi connectivity index (χ3v) is 3.44. The number of halogens is 2. The number of aromatic nitrogens is 2. The molecule has 5 heteroatoms. The zero-order valence-electron chi connectivity index (χ0n) is 10.7. The van der Waals surface area contributed by atoms with Crippen molar-refractivity contribution >= 4 is 27.5 Å². The molecule has 0 aliphatic rings. The van der Waals surface area contributed by atoms with E-state index in [1.54, 1.807) is 4.57 Å². The van der Waals surface area contributed by atoms with Gasteiger partial charge in [0.15, 0.2) is 0 Å². The second kappa shape index (κ2) is 5.88. The Morgan fingerprint density at radius 2 is 2.11 bits per heavy atom. The van der Waals surface area contributed by atoms with Crippen LogP contribution in [0.5, 0.6) is 0 Å². The minimum Gasteiger partial charge on any atom is -0.292 e. The van der Waals surface area contributed by atoms with Crippen LogP contribution >= 0.6 is 27.5 Å². The van der Waals surface area contributed by atoms with Gasteiger partial charge in [-0.15, -0.1) is 0 Å². The Hall–Kier alpha value is -1.13. The first kappa shape index (κ1) is 14.3. The summed E-state index contributed by atoms with van der Waals surface area (Å²) in [4.78, 5) is 16.4. The van der Waals surface area contributed by atoms with E-state index in [0.29, 0.717) is 12.4 Å². The van der Waals surface area contributed by atoms with Gasteiger partial charge in [-0.1, -0.05) is 53.5 Å². The fourth-order valence-corrected chi connectivity index (χ4v) is 2.54. The van der Waals surface area contributed by atoms with Crippen molar-refractivity contribution in [2.45, 2.75) is 26.3 Å². The van der Waals surface area contributed by atoms with Gasteiger partial charge < -0.3 is 0 Å². The lowest BCUT2D eigenvalue weighted by Crippen LogP contribution is -2.25. The summed E-state index contributed by atoms with van der Waals surface area (Å²) < 4.78 is 2.66. The number of rotatable bonds is 3. The van der Waals surface area contributed by atoms with E-state index in [1.807, 2.05) is 38.1 Å². The molecule has 100 valence electrons. The fraction of sp³-hybridized carbons (Fsp3) is 0.286. The molecule has 0 amide bonds. The van der Waals surface area contributed by atoms with Crippen molar-refractivity contribution in [3.63, 3.8) is 0 Å². The SMILES string of the molecule is CC(C)c1nc(Cl)cc(=O)n1Cc1cccc(Br)c1. The van der Waals surface area contributed by atoms with Crippen LogP contribution < -0.4 is 5.56 Å². The Balaban J connectivity index is 2.47. The van der Waals surface area contributed by atoms with Crippen LogP contribution in [0, 0.1) is 0 Å². The smallest absolute Gasteiger partial charge is 0.255 e. The van der Waals surface area contributed by atoms with Crippen molar-refractivity contribution in [1.29, 1.82) is 0 Å². The summed E-state index contributed by atoms with van der Waals surface area (Å²) in [6.45, 7) is 4.49. The predicted octanol–water partition coefficient (Wildman–Crippen LogP) is 3.83. The molecule has 0 fully saturated rings. The molecule has 0 bridgehead atoms. The van der Waals surface area contributed by atoms with Gasteiger partial charge >= 0.3 is 0 Å². The molecule has 19 heavy (non-hydrogen) atoms. The van der Waals surface area contributed by atoms with Crippen LogP contribution in [0.2, 0.25) is 5.15 Å². The molecule has 2 aromatic rings. The van der Waals surface area contributed by atoms with Crippen molar-refractivity contribution < 1.29 is 0 Å². The summed E-state index contributed by atoms with van der Waals surface area (Å²) in [5.74, 6) is 0.844. The van der Waals surface area contributed by atoms with E-state index in [9.17, 15) is 4.79 Å². The fourth-order valence-electron chi connectivity index (χ4n) is 1.91. The molecule has 1 heterocycles. The zero-order valence-corrected chi connectivity index (χ0v) is 13.1. The van der Waals surface area contributed by atoms with Crippen molar-refractivity contribution in [1.82, 2.24) is 9.55 Å². The van der Waals surface area contributed by atoms with Crippen molar-refractivity contribution in [3.8, 4) is 0 Å². The molecule has 0 aliphatic heterocycles. The quantitative estimate of drug-likeness (QED) is 0.795. The van der Waals surface area contributed by atoms with Gasteiger partial charge in [-0.25, -0.2) is 4.98 Å². The van der Waals surface area contributed by atoms with E-state index in [-0.39, 0.29) is 16.6 Å². The molecule has 0 aliphatic carbocycles. The largest absolute Gasteiger partial charge is 0.292 e. The summed E-state index contributed by atoms with van der Waals surface area (Å²) in [6, 6.07) is 9.23. The lowest BCUT2D eigenvalue weighted by Gasteiger charge is -2.14. The standard InChI is InChI=1S/C14H14BrClN2O/c1-9(2)14-17-12(16)7-13(19)18(14)8-10-4-3-5-11(15)6-10/h3-7,9H,8H2,1-2H3. The van der Waals surface area contributed by atoms with E-state index < -0.39 is 0 Å². The number of hydrogen-bond donors (Lipinski definition) is 0. The summed E-state index contributed by atoms with van der Waals surface area (Å²) in [6.07, 6.45) is 0. The number of nitrogens with zero attached hydrogens (tertiary/aromatic N) is 2. The van der Waals surface area contributed by atoms with E-state index in [2.05, 4.69) is 20.9 Å². The molecule has 0 saturated carbocycles. The van der Waals surface area contributed by atoms with Gasteiger partial charge in [0.2, 0.25) is 0 Å². The molecule has 2 rings (SSSR count). The van der Waals surface area contributed by atoms with Gasteiger partial charge in [-0.3, -0.25) is 9.36 Å². The maximum Gasteiger partial charge on any atom is 0.255 e. The second-order valence-corrected chi connectivity index (χ2v) is 5.95. The molecule has 1 aromatic carbocycles. The molecule has 0 radical (unpaired) electrons. The van der Waals surface area contributed by atoms with Crippen LogP contribution in [0.15, 0.2) is 39.6 Å². The van der Waals surface area contributed by atoms with Crippen molar-refractivity contribution in [2.24, 2.45) is 0 Å². The van der Waals surface area contributed by atoms with Crippen LogP contribution in [0.3, 0.4) is 0 Å². The first-order valence-corrected chi connectivity index (χ1v) is 7.16. The number of hydrogen-bond acceptors (Lipinski definition) is 2. The van der Waals surface area contributed by atoms with E-state index in [0.717, 1.165) is 10.0 Å². The van der Waals surface area contributed by atoms with Crippen LogP contribution in [-0.2, 0) is 6.54 Å². The van der Waals surface area contributed by atoms with Gasteiger partial charge in [-0.2, -0.15) is 0 Å². The minimum atomic E-state index is -0.122. The zero-order chi connectivity index (χ0) is 14.0. The van der Waals surface area contributed by atoms with Crippen molar-refractivity contribution in [2.75, 3.05) is 0 Å². The van der Waals surface area contributed by atoms with Crippen LogP contribution in [0.25, 0.3) is 0 Å². The molecule has 0 atom stereocenters. The third-order valence-electron chi connectivity index (χ3n) is 2.75. The Bertz CT molecular complexity index is 652. The third kappa shape index (κ3) is 3.45. The van der Waals surface area contributed by atoms with E-state index in [4.69, 9.17) is 11.6 Å². The first-order valence-electron chi connectivity index (χ1n) is 5.99. The lowest BCUT2D eigenvalue weighted by atomic mass is 10.1. The highest BCUT2D eigenvalue weighted by Gasteiger charge is 2.11. The molecule has 0 spiro atoms. The number of benzene rings is 1. The van der Waals surface area contributed by atoms with Crippen molar-refractivity contribution in [3.05, 3.63) is 61.7 Å². The Kier molecular flexibility index (Phi) is 4.42. The normalized spacial score (nSPS) is 11.0. The first-order chi connectivity index (χ1) is 8.97. The second-order valence-electron chi connectivity index (χ2n) is 4.65. The molecule has 3 nitrogen and oxygen atoms in total. The van der Waals surface area contributed by atoms with Gasteiger partial charge in [-0.05, 0) is 17.7 Å². The Morgan fingerprint density at radius 1 is 1.37 bits per heavy atom. The average Bonchev–Trinajstić information content (AvgIpc) is 2.32. The van der Waals surface area contributed by atoms with Gasteiger partial charge in [0.05, 0.1) is 6.54 Å². The maximum atomic E-state index is 12.1. The summed E-state index contributed by atoms with van der Waals surface area (Å²) in [5, 5.41) is 0.249. The topological polar surface area (TPSA) is 34.9 Å². The summed E-state index contributed by atoms with van der Waals surface area (Å²) in [7, 11) is 0. The van der Waals surface area contributed by atoms with Gasteiger partial charge in [0, 0.05) is 16.5 Å².